The fraction of sp³-hybridized carbons (Fsp3) is 0.304. The lowest BCUT2D eigenvalue weighted by Crippen LogP contribution is -2.49. The Hall–Kier alpha value is -3.90. The number of piperazine rings is 1. The molecule has 0 radical (unpaired) electrons. The van der Waals surface area contributed by atoms with Gasteiger partial charge in [-0.25, -0.2) is 9.97 Å². The number of H-pyrrole nitrogens is 1. The minimum Gasteiger partial charge on any atom is -0.339 e. The molecule has 36 heavy (non-hydrogen) atoms. The molecule has 0 bridgehead atoms. The average molecular weight is 511 g/mol. The first-order valence-electron chi connectivity index (χ1n) is 10.7. The number of carbonyl (C=O) groups is 1. The van der Waals surface area contributed by atoms with Gasteiger partial charge in [0.05, 0.1) is 12.0 Å². The van der Waals surface area contributed by atoms with Gasteiger partial charge in [-0.2, -0.15) is 26.3 Å². The van der Waals surface area contributed by atoms with Crippen LogP contribution in [0.2, 0.25) is 0 Å². The third-order valence-electron chi connectivity index (χ3n) is 5.71. The summed E-state index contributed by atoms with van der Waals surface area (Å²) >= 11 is 0. The molecule has 3 heterocycles. The van der Waals surface area contributed by atoms with E-state index in [4.69, 9.17) is 0 Å². The Morgan fingerprint density at radius 2 is 1.58 bits per heavy atom. The average Bonchev–Trinajstić information content (AvgIpc) is 2.83. The minimum atomic E-state index is -4.80. The van der Waals surface area contributed by atoms with Crippen LogP contribution in [0.5, 0.6) is 0 Å². The van der Waals surface area contributed by atoms with Crippen molar-refractivity contribution >= 4 is 11.9 Å². The molecule has 1 aliphatic rings. The lowest BCUT2D eigenvalue weighted by atomic mass is 10.0. The molecule has 190 valence electrons. The standard InChI is InChI=1S/C23H19F6N5O2/c24-22(25,26)17-12-31-21(32-13-17)34-6-4-33(5-7-34)19(35)9-14-2-1-3-15(8-14)16-10-18(23(27,28)29)20(36)30-11-16/h1-3,8,10-13H,4-7,9H2,(H,30,36). The van der Waals surface area contributed by atoms with Gasteiger partial charge >= 0.3 is 12.4 Å². The number of aromatic nitrogens is 3. The van der Waals surface area contributed by atoms with Gasteiger partial charge in [-0.05, 0) is 22.8 Å². The Bertz CT molecular complexity index is 1300. The first-order valence-corrected chi connectivity index (χ1v) is 10.7. The van der Waals surface area contributed by atoms with Gasteiger partial charge in [0.25, 0.3) is 5.56 Å². The van der Waals surface area contributed by atoms with Crippen LogP contribution in [0.15, 0.2) is 53.7 Å². The van der Waals surface area contributed by atoms with E-state index in [2.05, 4.69) is 15.0 Å². The van der Waals surface area contributed by atoms with E-state index in [9.17, 15) is 35.9 Å². The number of nitrogens with zero attached hydrogens (tertiary/aromatic N) is 4. The van der Waals surface area contributed by atoms with Gasteiger partial charge in [-0.1, -0.05) is 24.3 Å². The van der Waals surface area contributed by atoms with Crippen LogP contribution in [0.4, 0.5) is 32.3 Å². The zero-order valence-electron chi connectivity index (χ0n) is 18.5. The van der Waals surface area contributed by atoms with Crippen LogP contribution in [-0.4, -0.2) is 51.9 Å². The lowest BCUT2D eigenvalue weighted by Gasteiger charge is -2.34. The Kier molecular flexibility index (Phi) is 6.74. The van der Waals surface area contributed by atoms with Crippen molar-refractivity contribution < 1.29 is 31.1 Å². The Morgan fingerprint density at radius 1 is 0.917 bits per heavy atom. The van der Waals surface area contributed by atoms with E-state index in [1.165, 1.54) is 6.20 Å². The number of carbonyl (C=O) groups excluding carboxylic acids is 1. The SMILES string of the molecule is O=C(Cc1cccc(-c2c[nH]c(=O)c(C(F)(F)F)c2)c1)N1CCN(c2ncc(C(F)(F)F)cn2)CC1. The van der Waals surface area contributed by atoms with E-state index < -0.39 is 29.0 Å². The summed E-state index contributed by atoms with van der Waals surface area (Å²) in [6.07, 6.45) is -6.72. The summed E-state index contributed by atoms with van der Waals surface area (Å²) in [6.45, 7) is 1.26. The van der Waals surface area contributed by atoms with Gasteiger partial charge in [-0.3, -0.25) is 9.59 Å². The highest BCUT2D eigenvalue weighted by atomic mass is 19.4. The Balaban J connectivity index is 1.39. The molecule has 1 aromatic carbocycles. The molecule has 4 rings (SSSR count). The van der Waals surface area contributed by atoms with Crippen molar-refractivity contribution in [2.75, 3.05) is 31.1 Å². The number of alkyl halides is 6. The summed E-state index contributed by atoms with van der Waals surface area (Å²) in [4.78, 5) is 37.2. The molecule has 0 unspecified atom stereocenters. The van der Waals surface area contributed by atoms with Gasteiger partial charge in [-0.15, -0.1) is 0 Å². The minimum absolute atomic E-state index is 0.000100. The lowest BCUT2D eigenvalue weighted by molar-refractivity contribution is -0.139. The Morgan fingerprint density at radius 3 is 2.19 bits per heavy atom. The van der Waals surface area contributed by atoms with Crippen LogP contribution >= 0.6 is 0 Å². The molecule has 1 N–H and O–H groups in total. The van der Waals surface area contributed by atoms with Crippen LogP contribution in [0.1, 0.15) is 16.7 Å². The van der Waals surface area contributed by atoms with Crippen molar-refractivity contribution in [1.82, 2.24) is 19.9 Å². The molecule has 1 amide bonds. The summed E-state index contributed by atoms with van der Waals surface area (Å²) in [5.74, 6) is -0.0699. The van der Waals surface area contributed by atoms with E-state index in [-0.39, 0.29) is 23.8 Å². The number of aromatic amines is 1. The van der Waals surface area contributed by atoms with Crippen molar-refractivity contribution in [2.24, 2.45) is 0 Å². The number of benzene rings is 1. The largest absolute Gasteiger partial charge is 0.421 e. The molecule has 0 saturated carbocycles. The maximum absolute atomic E-state index is 13.1. The van der Waals surface area contributed by atoms with Crippen molar-refractivity contribution in [2.45, 2.75) is 18.8 Å². The van der Waals surface area contributed by atoms with Crippen LogP contribution in [0.25, 0.3) is 11.1 Å². The highest BCUT2D eigenvalue weighted by molar-refractivity contribution is 5.79. The van der Waals surface area contributed by atoms with Gasteiger partial charge < -0.3 is 14.8 Å². The first kappa shape index (κ1) is 25.2. The second-order valence-corrected chi connectivity index (χ2v) is 8.14. The number of amides is 1. The maximum Gasteiger partial charge on any atom is 0.421 e. The van der Waals surface area contributed by atoms with E-state index in [1.54, 1.807) is 34.1 Å². The van der Waals surface area contributed by atoms with Crippen molar-refractivity contribution in [3.63, 3.8) is 0 Å². The molecule has 0 aliphatic carbocycles. The third kappa shape index (κ3) is 5.66. The molecule has 1 fully saturated rings. The van der Waals surface area contributed by atoms with Crippen LogP contribution in [0, 0.1) is 0 Å². The van der Waals surface area contributed by atoms with Gasteiger partial charge in [0, 0.05) is 44.8 Å². The molecule has 0 spiro atoms. The quantitative estimate of drug-likeness (QED) is 0.540. The second kappa shape index (κ2) is 9.63. The zero-order valence-corrected chi connectivity index (χ0v) is 18.5. The van der Waals surface area contributed by atoms with Crippen molar-refractivity contribution in [3.8, 4) is 11.1 Å². The first-order chi connectivity index (χ1) is 16.9. The fourth-order valence-electron chi connectivity index (χ4n) is 3.80. The topological polar surface area (TPSA) is 82.2 Å². The molecule has 0 atom stereocenters. The molecule has 13 heteroatoms. The van der Waals surface area contributed by atoms with E-state index in [0.29, 0.717) is 49.7 Å². The molecule has 7 nitrogen and oxygen atoms in total. The zero-order chi connectivity index (χ0) is 26.1. The Labute approximate surface area is 200 Å². The maximum atomic E-state index is 13.1. The number of rotatable bonds is 4. The van der Waals surface area contributed by atoms with Gasteiger partial charge in [0.1, 0.15) is 5.56 Å². The van der Waals surface area contributed by atoms with E-state index >= 15 is 0 Å². The molecule has 1 aliphatic heterocycles. The monoisotopic (exact) mass is 511 g/mol. The summed E-state index contributed by atoms with van der Waals surface area (Å²) in [5, 5.41) is 0. The van der Waals surface area contributed by atoms with Crippen LogP contribution in [0.3, 0.4) is 0 Å². The van der Waals surface area contributed by atoms with Crippen molar-refractivity contribution in [3.05, 3.63) is 76.0 Å². The van der Waals surface area contributed by atoms with Crippen molar-refractivity contribution in [1.29, 1.82) is 0 Å². The molecule has 1 saturated heterocycles. The predicted octanol–water partition coefficient (Wildman–Crippen LogP) is 3.76. The van der Waals surface area contributed by atoms with Crippen LogP contribution in [-0.2, 0) is 23.6 Å². The second-order valence-electron chi connectivity index (χ2n) is 8.14. The predicted molar refractivity (Wildman–Crippen MR) is 117 cm³/mol. The number of halogens is 6. The summed E-state index contributed by atoms with van der Waals surface area (Å²) < 4.78 is 77.3. The molecule has 3 aromatic rings. The molecular formula is C23H19F6N5O2. The van der Waals surface area contributed by atoms with Gasteiger partial charge in [0.15, 0.2) is 0 Å². The smallest absolute Gasteiger partial charge is 0.339 e. The third-order valence-corrected chi connectivity index (χ3v) is 5.71. The molecular weight excluding hydrogens is 492 g/mol. The van der Waals surface area contributed by atoms with E-state index in [1.807, 2.05) is 0 Å². The number of hydrogen-bond donors (Lipinski definition) is 1. The van der Waals surface area contributed by atoms with Crippen LogP contribution < -0.4 is 10.5 Å². The van der Waals surface area contributed by atoms with Gasteiger partial charge in [0.2, 0.25) is 11.9 Å². The molecule has 2 aromatic heterocycles. The number of pyridine rings is 1. The summed E-state index contributed by atoms with van der Waals surface area (Å²) in [7, 11) is 0. The summed E-state index contributed by atoms with van der Waals surface area (Å²) in [5.41, 5.74) is -2.35. The fourth-order valence-corrected chi connectivity index (χ4v) is 3.80. The highest BCUT2D eigenvalue weighted by Crippen LogP contribution is 2.30. The summed E-state index contributed by atoms with van der Waals surface area (Å²) in [6, 6.07) is 7.20. The normalized spacial score (nSPS) is 14.7. The number of anilines is 1. The number of nitrogens with one attached hydrogen (secondary N) is 1. The van der Waals surface area contributed by atoms with E-state index in [0.717, 1.165) is 6.07 Å². The highest BCUT2D eigenvalue weighted by Gasteiger charge is 2.34. The number of hydrogen-bond acceptors (Lipinski definition) is 5.